The van der Waals surface area contributed by atoms with Crippen LogP contribution in [0.1, 0.15) is 50.9 Å². The minimum absolute atomic E-state index is 0.429. The lowest BCUT2D eigenvalue weighted by Crippen LogP contribution is -2.03. The third-order valence-electron chi connectivity index (χ3n) is 2.81. The minimum Gasteiger partial charge on any atom is -0.320 e. The van der Waals surface area contributed by atoms with Gasteiger partial charge < -0.3 is 4.57 Å². The highest BCUT2D eigenvalue weighted by molar-refractivity contribution is 5.14. The molecular weight excluding hydrogens is 198 g/mol. The Morgan fingerprint density at radius 3 is 2.56 bits per heavy atom. The number of nitrogens with zero attached hydrogens (tertiary/aromatic N) is 3. The Labute approximate surface area is 98.1 Å². The van der Waals surface area contributed by atoms with Crippen LogP contribution in [0.4, 0.5) is 0 Å². The summed E-state index contributed by atoms with van der Waals surface area (Å²) in [7, 11) is 0. The first-order chi connectivity index (χ1) is 7.83. The quantitative estimate of drug-likeness (QED) is 0.707. The van der Waals surface area contributed by atoms with Crippen molar-refractivity contribution in [2.24, 2.45) is 0 Å². The Hall–Kier alpha value is -1.30. The van der Waals surface area contributed by atoms with Gasteiger partial charge in [-0.3, -0.25) is 0 Å². The molecule has 0 radical (unpaired) electrons. The molecule has 1 heterocycles. The highest BCUT2D eigenvalue weighted by Gasteiger charge is 2.09. The smallest absolute Gasteiger partial charge is 0.111 e. The average molecular weight is 219 g/mol. The van der Waals surface area contributed by atoms with E-state index in [1.807, 2.05) is 10.9 Å². The van der Waals surface area contributed by atoms with Gasteiger partial charge in [-0.2, -0.15) is 5.26 Å². The van der Waals surface area contributed by atoms with Crippen molar-refractivity contribution in [1.29, 1.82) is 5.26 Å². The maximum atomic E-state index is 8.76. The third kappa shape index (κ3) is 3.37. The largest absolute Gasteiger partial charge is 0.320 e. The van der Waals surface area contributed by atoms with E-state index in [2.05, 4.69) is 24.9 Å². The summed E-state index contributed by atoms with van der Waals surface area (Å²) in [6.45, 7) is 4.81. The van der Waals surface area contributed by atoms with Crippen molar-refractivity contribution in [2.45, 2.75) is 58.9 Å². The van der Waals surface area contributed by atoms with Gasteiger partial charge in [0.05, 0.1) is 18.1 Å². The predicted molar refractivity (Wildman–Crippen MR) is 65.1 cm³/mol. The molecule has 3 nitrogen and oxygen atoms in total. The SMILES string of the molecule is CCCCc1ncn(CC#N)c1CCCC. The van der Waals surface area contributed by atoms with Crippen molar-refractivity contribution in [1.82, 2.24) is 9.55 Å². The van der Waals surface area contributed by atoms with Gasteiger partial charge in [0.15, 0.2) is 0 Å². The molecule has 0 saturated heterocycles. The number of imidazole rings is 1. The highest BCUT2D eigenvalue weighted by atomic mass is 15.1. The first kappa shape index (κ1) is 12.8. The van der Waals surface area contributed by atoms with Crippen LogP contribution in [0.2, 0.25) is 0 Å². The Kier molecular flexibility index (Phi) is 5.63. The van der Waals surface area contributed by atoms with Gasteiger partial charge in [0.25, 0.3) is 0 Å². The molecule has 1 aromatic rings. The lowest BCUT2D eigenvalue weighted by Gasteiger charge is -2.06. The molecule has 0 amide bonds. The van der Waals surface area contributed by atoms with Crippen molar-refractivity contribution in [2.75, 3.05) is 0 Å². The van der Waals surface area contributed by atoms with E-state index >= 15 is 0 Å². The summed E-state index contributed by atoms with van der Waals surface area (Å²) in [4.78, 5) is 4.44. The van der Waals surface area contributed by atoms with Crippen LogP contribution in [0.3, 0.4) is 0 Å². The fraction of sp³-hybridized carbons (Fsp3) is 0.692. The van der Waals surface area contributed by atoms with E-state index in [-0.39, 0.29) is 0 Å². The molecule has 3 heteroatoms. The number of hydrogen-bond acceptors (Lipinski definition) is 2. The van der Waals surface area contributed by atoms with Crippen LogP contribution in [-0.4, -0.2) is 9.55 Å². The first-order valence-electron chi connectivity index (χ1n) is 6.23. The summed E-state index contributed by atoms with van der Waals surface area (Å²) >= 11 is 0. The van der Waals surface area contributed by atoms with Gasteiger partial charge in [0.2, 0.25) is 0 Å². The van der Waals surface area contributed by atoms with Crippen LogP contribution in [-0.2, 0) is 19.4 Å². The number of hydrogen-bond donors (Lipinski definition) is 0. The molecular formula is C13H21N3. The second kappa shape index (κ2) is 7.05. The molecule has 0 bridgehead atoms. The van der Waals surface area contributed by atoms with E-state index in [4.69, 9.17) is 5.26 Å². The molecule has 0 N–H and O–H groups in total. The zero-order valence-corrected chi connectivity index (χ0v) is 10.4. The molecule has 0 aliphatic rings. The molecule has 88 valence electrons. The molecule has 0 aliphatic carbocycles. The van der Waals surface area contributed by atoms with Gasteiger partial charge in [-0.25, -0.2) is 4.98 Å². The maximum absolute atomic E-state index is 8.76. The fourth-order valence-electron chi connectivity index (χ4n) is 1.85. The molecule has 0 fully saturated rings. The van der Waals surface area contributed by atoms with E-state index < -0.39 is 0 Å². The van der Waals surface area contributed by atoms with Crippen LogP contribution in [0.5, 0.6) is 0 Å². The standard InChI is InChI=1S/C13H21N3/c1-3-5-7-12-13(8-6-4-2)16(10-9-14)11-15-12/h11H,3-8,10H2,1-2H3. The molecule has 0 unspecified atom stereocenters. The highest BCUT2D eigenvalue weighted by Crippen LogP contribution is 2.14. The third-order valence-corrected chi connectivity index (χ3v) is 2.81. The van der Waals surface area contributed by atoms with Crippen molar-refractivity contribution < 1.29 is 0 Å². The molecule has 0 aliphatic heterocycles. The molecule has 1 rings (SSSR count). The van der Waals surface area contributed by atoms with E-state index in [1.165, 1.54) is 37.1 Å². The van der Waals surface area contributed by atoms with Gasteiger partial charge in [-0.1, -0.05) is 26.7 Å². The second-order valence-corrected chi connectivity index (χ2v) is 4.13. The monoisotopic (exact) mass is 219 g/mol. The van der Waals surface area contributed by atoms with E-state index in [0.29, 0.717) is 6.54 Å². The summed E-state index contributed by atoms with van der Waals surface area (Å²) < 4.78 is 2.00. The van der Waals surface area contributed by atoms with E-state index in [9.17, 15) is 0 Å². The maximum Gasteiger partial charge on any atom is 0.111 e. The van der Waals surface area contributed by atoms with Gasteiger partial charge in [-0.05, 0) is 25.7 Å². The molecule has 0 saturated carbocycles. The number of rotatable bonds is 7. The molecule has 1 aromatic heterocycles. The van der Waals surface area contributed by atoms with Crippen LogP contribution in [0, 0.1) is 11.3 Å². The number of nitriles is 1. The zero-order valence-electron chi connectivity index (χ0n) is 10.4. The van der Waals surface area contributed by atoms with Gasteiger partial charge in [0, 0.05) is 5.69 Å². The van der Waals surface area contributed by atoms with E-state index in [1.54, 1.807) is 0 Å². The Morgan fingerprint density at radius 1 is 1.25 bits per heavy atom. The first-order valence-corrected chi connectivity index (χ1v) is 6.23. The van der Waals surface area contributed by atoms with Crippen molar-refractivity contribution in [3.05, 3.63) is 17.7 Å². The number of unbranched alkanes of at least 4 members (excludes halogenated alkanes) is 2. The zero-order chi connectivity index (χ0) is 11.8. The van der Waals surface area contributed by atoms with Gasteiger partial charge >= 0.3 is 0 Å². The van der Waals surface area contributed by atoms with Crippen LogP contribution in [0.15, 0.2) is 6.33 Å². The lowest BCUT2D eigenvalue weighted by atomic mass is 10.1. The molecule has 0 aromatic carbocycles. The normalized spacial score (nSPS) is 10.3. The van der Waals surface area contributed by atoms with E-state index in [0.717, 1.165) is 12.8 Å². The summed E-state index contributed by atoms with van der Waals surface area (Å²) in [6.07, 6.45) is 8.66. The molecule has 0 spiro atoms. The van der Waals surface area contributed by atoms with Crippen molar-refractivity contribution in [3.8, 4) is 6.07 Å². The van der Waals surface area contributed by atoms with Crippen LogP contribution in [0.25, 0.3) is 0 Å². The van der Waals surface area contributed by atoms with Gasteiger partial charge in [0.1, 0.15) is 6.54 Å². The summed E-state index contributed by atoms with van der Waals surface area (Å²) in [6, 6.07) is 2.19. The Balaban J connectivity index is 2.77. The molecule has 0 atom stereocenters. The molecule has 16 heavy (non-hydrogen) atoms. The summed E-state index contributed by atoms with van der Waals surface area (Å²) in [5.41, 5.74) is 2.47. The average Bonchev–Trinajstić information content (AvgIpc) is 2.67. The topological polar surface area (TPSA) is 41.6 Å². The summed E-state index contributed by atoms with van der Waals surface area (Å²) in [5.74, 6) is 0. The number of aryl methyl sites for hydroxylation is 1. The van der Waals surface area contributed by atoms with Crippen LogP contribution < -0.4 is 0 Å². The van der Waals surface area contributed by atoms with Crippen molar-refractivity contribution in [3.63, 3.8) is 0 Å². The fourth-order valence-corrected chi connectivity index (χ4v) is 1.85. The van der Waals surface area contributed by atoms with Gasteiger partial charge in [-0.15, -0.1) is 0 Å². The minimum atomic E-state index is 0.429. The number of aromatic nitrogens is 2. The van der Waals surface area contributed by atoms with Crippen molar-refractivity contribution >= 4 is 0 Å². The van der Waals surface area contributed by atoms with Crippen LogP contribution >= 0.6 is 0 Å². The Morgan fingerprint density at radius 2 is 1.94 bits per heavy atom. The lowest BCUT2D eigenvalue weighted by molar-refractivity contribution is 0.692. The predicted octanol–water partition coefficient (Wildman–Crippen LogP) is 3.09. The Bertz CT molecular complexity index is 347. The second-order valence-electron chi connectivity index (χ2n) is 4.13. The summed E-state index contributed by atoms with van der Waals surface area (Å²) in [5, 5.41) is 8.76.